The van der Waals surface area contributed by atoms with Gasteiger partial charge in [-0.05, 0) is 116 Å². The number of carboxylic acids is 1. The first kappa shape index (κ1) is 80.2. The highest BCUT2D eigenvalue weighted by atomic mass is 16.7. The van der Waals surface area contributed by atoms with Gasteiger partial charge in [0.25, 0.3) is 6.29 Å². The number of nitrogens with zero attached hydrogens (tertiary/aromatic N) is 1. The van der Waals surface area contributed by atoms with Gasteiger partial charge in [-0.15, -0.1) is 0 Å². The monoisotopic (exact) mass is 1180 g/mol. The molecule has 0 heterocycles. The third-order valence-corrected chi connectivity index (χ3v) is 14.1. The SMILES string of the molecule is CC/C=C\C/C=C\C/C=C\C/C=C\C/C=C\C/C=C\C/C=C\C/C=C\CCCCC(=O)OC(COC(=O)CCCCCCCCCCCCCCCCCCCCCC/C=C\C/C=C\C/C=C\C/C=C\CC)COC(OCC[N+](C)(C)C)C(=O)O. The molecule has 0 saturated carbocycles. The highest BCUT2D eigenvalue weighted by Crippen LogP contribution is 2.17. The fourth-order valence-electron chi connectivity index (χ4n) is 8.96. The molecule has 0 aromatic rings. The van der Waals surface area contributed by atoms with Crippen molar-refractivity contribution < 1.29 is 42.9 Å². The summed E-state index contributed by atoms with van der Waals surface area (Å²) in [6.07, 6.45) is 92.5. The molecule has 0 rings (SSSR count). The first-order chi connectivity index (χ1) is 41.6. The van der Waals surface area contributed by atoms with Gasteiger partial charge in [0.2, 0.25) is 0 Å². The second-order valence-electron chi connectivity index (χ2n) is 23.4. The number of carboxylic acid groups (broad SMARTS) is 1. The first-order valence-electron chi connectivity index (χ1n) is 34.0. The minimum Gasteiger partial charge on any atom is -0.477 e. The largest absolute Gasteiger partial charge is 0.477 e. The highest BCUT2D eigenvalue weighted by Gasteiger charge is 2.25. The van der Waals surface area contributed by atoms with E-state index < -0.39 is 24.3 Å². The lowest BCUT2D eigenvalue weighted by molar-refractivity contribution is -0.870. The molecule has 0 aliphatic carbocycles. The van der Waals surface area contributed by atoms with Crippen LogP contribution in [0.15, 0.2) is 146 Å². The Kier molecular flexibility index (Phi) is 61.4. The van der Waals surface area contributed by atoms with Crippen molar-refractivity contribution in [2.45, 2.75) is 270 Å². The van der Waals surface area contributed by atoms with Crippen molar-refractivity contribution in [1.82, 2.24) is 0 Å². The van der Waals surface area contributed by atoms with Crippen molar-refractivity contribution in [3.8, 4) is 0 Å². The number of likely N-dealkylation sites (N-methyl/N-ethyl adjacent to an activating group) is 1. The number of unbranched alkanes of at least 4 members (excludes halogenated alkanes) is 22. The molecule has 2 unspecified atom stereocenters. The molecule has 0 aromatic carbocycles. The third kappa shape index (κ3) is 66.5. The summed E-state index contributed by atoms with van der Waals surface area (Å²) in [6.45, 7) is 4.60. The molecule has 0 saturated heterocycles. The summed E-state index contributed by atoms with van der Waals surface area (Å²) in [7, 11) is 5.95. The van der Waals surface area contributed by atoms with Crippen LogP contribution in [0.2, 0.25) is 0 Å². The van der Waals surface area contributed by atoms with Crippen LogP contribution >= 0.6 is 0 Å². The Labute approximate surface area is 522 Å². The molecule has 482 valence electrons. The van der Waals surface area contributed by atoms with Gasteiger partial charge < -0.3 is 28.5 Å². The maximum atomic E-state index is 12.9. The molecule has 0 radical (unpaired) electrons. The topological polar surface area (TPSA) is 108 Å². The van der Waals surface area contributed by atoms with E-state index in [2.05, 4.69) is 160 Å². The molecule has 0 aliphatic heterocycles. The smallest absolute Gasteiger partial charge is 0.361 e. The lowest BCUT2D eigenvalue weighted by atomic mass is 10.0. The van der Waals surface area contributed by atoms with E-state index in [4.69, 9.17) is 18.9 Å². The van der Waals surface area contributed by atoms with E-state index >= 15 is 0 Å². The Morgan fingerprint density at radius 2 is 0.635 bits per heavy atom. The number of hydrogen-bond acceptors (Lipinski definition) is 7. The lowest BCUT2D eigenvalue weighted by Crippen LogP contribution is -2.40. The fourth-order valence-corrected chi connectivity index (χ4v) is 8.96. The number of rotatable bonds is 61. The zero-order valence-corrected chi connectivity index (χ0v) is 55.0. The summed E-state index contributed by atoms with van der Waals surface area (Å²) in [5.74, 6) is -2.07. The Hall–Kier alpha value is -4.83. The number of hydrogen-bond donors (Lipinski definition) is 1. The van der Waals surface area contributed by atoms with Gasteiger partial charge in [0, 0.05) is 12.8 Å². The molecule has 0 aromatic heterocycles. The van der Waals surface area contributed by atoms with Crippen molar-refractivity contribution in [3.05, 3.63) is 146 Å². The highest BCUT2D eigenvalue weighted by molar-refractivity contribution is 5.71. The molecule has 1 N–H and O–H groups in total. The van der Waals surface area contributed by atoms with Crippen molar-refractivity contribution in [1.29, 1.82) is 0 Å². The molecule has 0 aliphatic rings. The minimum absolute atomic E-state index is 0.172. The number of carbonyl (C=O) groups excluding carboxylic acids is 2. The number of allylic oxidation sites excluding steroid dienone is 24. The van der Waals surface area contributed by atoms with Crippen molar-refractivity contribution in [2.75, 3.05) is 47.5 Å². The number of quaternary nitrogens is 1. The van der Waals surface area contributed by atoms with Crippen molar-refractivity contribution >= 4 is 17.9 Å². The standard InChI is InChI=1S/C76H125NO8/c1-6-8-10-12-14-16-18-20-22-24-26-28-30-32-34-35-36-37-38-39-41-42-44-46-48-50-52-54-56-58-60-62-64-66-73(78)83-70-72(71-84-76(75(80)81)82-69-68-77(3,4)5)85-74(79)67-65-63-61-59-57-55-53-51-49-47-45-43-40-33-31-29-27-25-23-21-19-17-15-13-11-9-7-2/h8-11,14-17,20-23,26-29,33,40,45,47,51,53,57,59,72,76H,6-7,12-13,18-19,24-25,30-32,34-39,41-44,46,48-50,52,54-56,58,60-71H2,1-5H3/p+1/b10-8-,11-9-,16-14-,17-15-,22-20-,23-21-,28-26-,29-27-,40-33-,47-45-,53-51-,59-57-. The third-order valence-electron chi connectivity index (χ3n) is 14.1. The van der Waals surface area contributed by atoms with Crippen LogP contribution in [0.3, 0.4) is 0 Å². The van der Waals surface area contributed by atoms with Crippen LogP contribution in [0, 0.1) is 0 Å². The van der Waals surface area contributed by atoms with Crippen molar-refractivity contribution in [3.63, 3.8) is 0 Å². The number of ether oxygens (including phenoxy) is 4. The summed E-state index contributed by atoms with van der Waals surface area (Å²) >= 11 is 0. The van der Waals surface area contributed by atoms with Gasteiger partial charge in [0.15, 0.2) is 6.10 Å². The van der Waals surface area contributed by atoms with Crippen LogP contribution in [0.25, 0.3) is 0 Å². The number of carbonyl (C=O) groups is 3. The normalized spacial score (nSPS) is 13.7. The summed E-state index contributed by atoms with van der Waals surface area (Å²) in [4.78, 5) is 37.6. The fraction of sp³-hybridized carbons (Fsp3) is 0.645. The molecule has 9 nitrogen and oxygen atoms in total. The predicted molar refractivity (Wildman–Crippen MR) is 364 cm³/mol. The van der Waals surface area contributed by atoms with Gasteiger partial charge in [-0.3, -0.25) is 9.59 Å². The lowest BCUT2D eigenvalue weighted by Gasteiger charge is -2.25. The predicted octanol–water partition coefficient (Wildman–Crippen LogP) is 21.1. The van der Waals surface area contributed by atoms with Gasteiger partial charge in [-0.1, -0.05) is 275 Å². The zero-order valence-electron chi connectivity index (χ0n) is 55.0. The van der Waals surface area contributed by atoms with Crippen molar-refractivity contribution in [2.24, 2.45) is 0 Å². The summed E-state index contributed by atoms with van der Waals surface area (Å²) in [5, 5.41) is 9.74. The second kappa shape index (κ2) is 65.2. The van der Waals surface area contributed by atoms with E-state index in [0.717, 1.165) is 109 Å². The quantitative estimate of drug-likeness (QED) is 0.0211. The second-order valence-corrected chi connectivity index (χ2v) is 23.4. The van der Waals surface area contributed by atoms with E-state index in [0.29, 0.717) is 17.4 Å². The molecular formula is C76H126NO8+. The maximum Gasteiger partial charge on any atom is 0.361 e. The molecule has 0 spiro atoms. The van der Waals surface area contributed by atoms with Crippen LogP contribution < -0.4 is 0 Å². The van der Waals surface area contributed by atoms with Gasteiger partial charge in [-0.2, -0.15) is 0 Å². The molecule has 0 amide bonds. The van der Waals surface area contributed by atoms with Crippen LogP contribution in [-0.2, 0) is 33.3 Å². The maximum absolute atomic E-state index is 12.9. The van der Waals surface area contributed by atoms with Crippen LogP contribution in [-0.4, -0.2) is 87.4 Å². The molecule has 85 heavy (non-hydrogen) atoms. The van der Waals surface area contributed by atoms with E-state index in [-0.39, 0.29) is 38.6 Å². The Bertz CT molecular complexity index is 1900. The summed E-state index contributed by atoms with van der Waals surface area (Å²) in [5.41, 5.74) is 0. The average Bonchev–Trinajstić information content (AvgIpc) is 3.48. The molecular weight excluding hydrogens is 1050 g/mol. The Balaban J connectivity index is 4.20. The van der Waals surface area contributed by atoms with Crippen LogP contribution in [0.1, 0.15) is 258 Å². The van der Waals surface area contributed by atoms with E-state index in [1.54, 1.807) is 0 Å². The van der Waals surface area contributed by atoms with E-state index in [1.807, 2.05) is 21.1 Å². The van der Waals surface area contributed by atoms with Gasteiger partial charge in [0.05, 0.1) is 34.4 Å². The van der Waals surface area contributed by atoms with Gasteiger partial charge >= 0.3 is 17.9 Å². The average molecular weight is 1180 g/mol. The van der Waals surface area contributed by atoms with Crippen LogP contribution in [0.4, 0.5) is 0 Å². The molecule has 0 bridgehead atoms. The molecule has 9 heteroatoms. The Morgan fingerprint density at radius 1 is 0.353 bits per heavy atom. The summed E-state index contributed by atoms with van der Waals surface area (Å²) < 4.78 is 22.9. The Morgan fingerprint density at radius 3 is 0.965 bits per heavy atom. The summed E-state index contributed by atoms with van der Waals surface area (Å²) in [6, 6.07) is 0. The molecule has 0 fully saturated rings. The molecule has 2 atom stereocenters. The first-order valence-corrected chi connectivity index (χ1v) is 34.0. The minimum atomic E-state index is -1.53. The zero-order chi connectivity index (χ0) is 61.9. The van der Waals surface area contributed by atoms with E-state index in [9.17, 15) is 19.5 Å². The van der Waals surface area contributed by atoms with Crippen LogP contribution in [0.5, 0.6) is 0 Å². The van der Waals surface area contributed by atoms with Gasteiger partial charge in [0.1, 0.15) is 13.2 Å². The number of aliphatic carboxylic acids is 1. The number of esters is 2. The van der Waals surface area contributed by atoms with Gasteiger partial charge in [-0.25, -0.2) is 4.79 Å². The van der Waals surface area contributed by atoms with E-state index in [1.165, 1.54) is 116 Å².